The molecule has 8 nitrogen and oxygen atoms in total. The number of hydrogen-bond acceptors (Lipinski definition) is 5. The number of amides is 1. The zero-order valence-corrected chi connectivity index (χ0v) is 26.1. The normalized spacial score (nSPS) is 18.6. The van der Waals surface area contributed by atoms with Gasteiger partial charge in [0, 0.05) is 11.4 Å². The summed E-state index contributed by atoms with van der Waals surface area (Å²) in [5.41, 5.74) is 15.4. The van der Waals surface area contributed by atoms with Gasteiger partial charge in [-0.3, -0.25) is 14.8 Å². The summed E-state index contributed by atoms with van der Waals surface area (Å²) in [6, 6.07) is 7.84. The summed E-state index contributed by atoms with van der Waals surface area (Å²) in [4.78, 5) is 38.7. The first-order valence-electron chi connectivity index (χ1n) is 15.2. The molecule has 0 radical (unpaired) electrons. The van der Waals surface area contributed by atoms with E-state index in [2.05, 4.69) is 63.6 Å². The first-order chi connectivity index (χ1) is 19.7. The minimum Gasteiger partial charge on any atom is -0.461 e. The molecule has 1 amide bonds. The first kappa shape index (κ1) is 29.8. The smallest absolute Gasteiger partial charge is 0.354 e. The van der Waals surface area contributed by atoms with E-state index in [0.717, 1.165) is 47.8 Å². The highest BCUT2D eigenvalue weighted by Gasteiger charge is 2.31. The lowest BCUT2D eigenvalue weighted by molar-refractivity contribution is 0.0520. The van der Waals surface area contributed by atoms with Gasteiger partial charge in [-0.1, -0.05) is 41.5 Å². The molecule has 0 aliphatic heterocycles. The number of aromatic amines is 2. The average Bonchev–Trinajstić information content (AvgIpc) is 3.53. The monoisotopic (exact) mass is 571 g/mol. The number of hydrogen-bond donors (Lipinski definition) is 3. The predicted molar refractivity (Wildman–Crippen MR) is 167 cm³/mol. The SMILES string of the molecule is CC(C)(C)C1CCc2nc3cc(C(N)=O)[nH]c3cc2C1.CCOC(=O)c1cc2nc3c(cc2[nH]1)CC(C(C)(C)C)CC3. The van der Waals surface area contributed by atoms with Gasteiger partial charge in [0.1, 0.15) is 11.4 Å². The third kappa shape index (κ3) is 6.22. The molecule has 224 valence electrons. The molecule has 2 atom stereocenters. The number of nitrogens with one attached hydrogen (secondary N) is 2. The van der Waals surface area contributed by atoms with E-state index < -0.39 is 5.91 Å². The summed E-state index contributed by atoms with van der Waals surface area (Å²) in [6.45, 7) is 16.0. The lowest BCUT2D eigenvalue weighted by Crippen LogP contribution is -2.27. The number of nitrogens with zero attached hydrogens (tertiary/aromatic N) is 2. The van der Waals surface area contributed by atoms with Crippen molar-refractivity contribution in [2.75, 3.05) is 6.61 Å². The van der Waals surface area contributed by atoms with Gasteiger partial charge in [-0.05, 0) is 104 Å². The van der Waals surface area contributed by atoms with Crippen molar-refractivity contribution in [2.24, 2.45) is 28.4 Å². The number of H-pyrrole nitrogens is 2. The van der Waals surface area contributed by atoms with Crippen LogP contribution in [0.1, 0.15) is 105 Å². The molecule has 0 fully saturated rings. The van der Waals surface area contributed by atoms with Crippen molar-refractivity contribution in [1.82, 2.24) is 19.9 Å². The largest absolute Gasteiger partial charge is 0.461 e. The van der Waals surface area contributed by atoms with Crippen LogP contribution in [0.25, 0.3) is 22.1 Å². The Bertz CT molecular complexity index is 1630. The van der Waals surface area contributed by atoms with Gasteiger partial charge >= 0.3 is 5.97 Å². The van der Waals surface area contributed by atoms with Crippen molar-refractivity contribution in [3.8, 4) is 0 Å². The van der Waals surface area contributed by atoms with E-state index in [1.165, 1.54) is 35.4 Å². The van der Waals surface area contributed by atoms with Gasteiger partial charge in [0.15, 0.2) is 0 Å². The fraction of sp³-hybridized carbons (Fsp3) is 0.529. The Balaban J connectivity index is 0.000000169. The summed E-state index contributed by atoms with van der Waals surface area (Å²) in [7, 11) is 0. The molecule has 4 N–H and O–H groups in total. The Kier molecular flexibility index (Phi) is 7.94. The molecule has 4 heterocycles. The van der Waals surface area contributed by atoms with Crippen LogP contribution < -0.4 is 5.73 Å². The Labute approximate surface area is 248 Å². The molecule has 0 saturated heterocycles. The molecular weight excluding hydrogens is 526 g/mol. The molecule has 42 heavy (non-hydrogen) atoms. The van der Waals surface area contributed by atoms with Crippen molar-refractivity contribution in [2.45, 2.75) is 87.0 Å². The molecule has 4 aromatic rings. The van der Waals surface area contributed by atoms with Gasteiger partial charge in [0.2, 0.25) is 0 Å². The van der Waals surface area contributed by atoms with Crippen LogP contribution in [-0.2, 0) is 30.4 Å². The van der Waals surface area contributed by atoms with Crippen LogP contribution in [0.4, 0.5) is 0 Å². The number of primary amides is 1. The topological polar surface area (TPSA) is 127 Å². The Morgan fingerprint density at radius 2 is 1.26 bits per heavy atom. The fourth-order valence-electron chi connectivity index (χ4n) is 6.35. The van der Waals surface area contributed by atoms with Crippen LogP contribution in [0.2, 0.25) is 0 Å². The summed E-state index contributed by atoms with van der Waals surface area (Å²) < 4.78 is 5.05. The molecule has 0 saturated carbocycles. The number of esters is 1. The van der Waals surface area contributed by atoms with Crippen molar-refractivity contribution in [3.63, 3.8) is 0 Å². The second-order valence-electron chi connectivity index (χ2n) is 14.1. The number of ether oxygens (including phenoxy) is 1. The number of nitrogens with two attached hydrogens (primary N) is 1. The summed E-state index contributed by atoms with van der Waals surface area (Å²) >= 11 is 0. The lowest BCUT2D eigenvalue weighted by Gasteiger charge is -2.34. The second-order valence-corrected chi connectivity index (χ2v) is 14.1. The van der Waals surface area contributed by atoms with Gasteiger partial charge in [-0.2, -0.15) is 0 Å². The molecule has 0 aromatic carbocycles. The van der Waals surface area contributed by atoms with Crippen molar-refractivity contribution in [1.29, 1.82) is 0 Å². The number of rotatable bonds is 3. The number of aryl methyl sites for hydroxylation is 2. The van der Waals surface area contributed by atoms with Gasteiger partial charge in [-0.25, -0.2) is 4.79 Å². The Morgan fingerprint density at radius 1 is 0.810 bits per heavy atom. The first-order valence-corrected chi connectivity index (χ1v) is 15.2. The van der Waals surface area contributed by atoms with Crippen molar-refractivity contribution >= 4 is 33.9 Å². The third-order valence-electron chi connectivity index (χ3n) is 9.14. The number of aromatic nitrogens is 4. The Hall–Kier alpha value is -3.68. The zero-order chi connectivity index (χ0) is 30.4. The Morgan fingerprint density at radius 3 is 1.69 bits per heavy atom. The highest BCUT2D eigenvalue weighted by Crippen LogP contribution is 2.38. The highest BCUT2D eigenvalue weighted by molar-refractivity contribution is 5.96. The van der Waals surface area contributed by atoms with Gasteiger partial charge in [0.25, 0.3) is 5.91 Å². The van der Waals surface area contributed by atoms with Crippen LogP contribution in [0.5, 0.6) is 0 Å². The van der Waals surface area contributed by atoms with E-state index in [0.29, 0.717) is 40.7 Å². The molecule has 6 rings (SSSR count). The van der Waals surface area contributed by atoms with Gasteiger partial charge < -0.3 is 20.4 Å². The molecule has 2 aliphatic carbocycles. The van der Waals surface area contributed by atoms with Gasteiger partial charge in [0.05, 0.1) is 28.7 Å². The van der Waals surface area contributed by atoms with E-state index in [4.69, 9.17) is 20.4 Å². The van der Waals surface area contributed by atoms with E-state index in [-0.39, 0.29) is 5.97 Å². The van der Waals surface area contributed by atoms with E-state index in [1.54, 1.807) is 12.1 Å². The van der Waals surface area contributed by atoms with Crippen molar-refractivity contribution < 1.29 is 14.3 Å². The highest BCUT2D eigenvalue weighted by atomic mass is 16.5. The standard InChI is InChI=1S/C18H24N2O2.C16H21N3O/c1-5-22-17(21)16-10-15-14(20-16)9-11-8-12(18(2,3)4)6-7-13(11)19-15;1-16(2,3)10-4-5-11-9(6-10)7-12-13(18-11)8-14(19-12)15(17)20/h9-10,12,20H,5-8H2,1-4H3;7-8,10,19H,4-6H2,1-3H3,(H2,17,20). The van der Waals surface area contributed by atoms with Crippen LogP contribution >= 0.6 is 0 Å². The molecule has 2 aliphatic rings. The average molecular weight is 572 g/mol. The van der Waals surface area contributed by atoms with E-state index >= 15 is 0 Å². The number of fused-ring (bicyclic) bond motifs is 4. The van der Waals surface area contributed by atoms with E-state index in [9.17, 15) is 9.59 Å². The summed E-state index contributed by atoms with van der Waals surface area (Å²) in [6.07, 6.45) is 6.53. The third-order valence-corrected chi connectivity index (χ3v) is 9.14. The minimum atomic E-state index is -0.437. The van der Waals surface area contributed by atoms with Crippen LogP contribution in [0, 0.1) is 22.7 Å². The zero-order valence-electron chi connectivity index (χ0n) is 26.1. The van der Waals surface area contributed by atoms with E-state index in [1.807, 2.05) is 6.92 Å². The maximum atomic E-state index is 11.8. The summed E-state index contributed by atoms with van der Waals surface area (Å²) in [5, 5.41) is 0. The molecule has 0 bridgehead atoms. The van der Waals surface area contributed by atoms with Crippen molar-refractivity contribution in [3.05, 3.63) is 58.2 Å². The maximum Gasteiger partial charge on any atom is 0.354 e. The summed E-state index contributed by atoms with van der Waals surface area (Å²) in [5.74, 6) is 0.609. The molecule has 8 heteroatoms. The maximum absolute atomic E-state index is 11.8. The quantitative estimate of drug-likeness (QED) is 0.236. The number of carbonyl (C=O) groups is 2. The molecular formula is C34H45N5O3. The van der Waals surface area contributed by atoms with Gasteiger partial charge in [-0.15, -0.1) is 0 Å². The molecule has 0 spiro atoms. The predicted octanol–water partition coefficient (Wildman–Crippen LogP) is 6.70. The van der Waals surface area contributed by atoms with Crippen LogP contribution in [0.15, 0.2) is 24.3 Å². The lowest BCUT2D eigenvalue weighted by atomic mass is 9.71. The molecule has 2 unspecified atom stereocenters. The number of pyridine rings is 2. The van der Waals surface area contributed by atoms with Crippen LogP contribution in [-0.4, -0.2) is 38.4 Å². The fourth-order valence-corrected chi connectivity index (χ4v) is 6.35. The minimum absolute atomic E-state index is 0.314. The molecule has 4 aromatic heterocycles. The second kappa shape index (κ2) is 11.2. The number of carbonyl (C=O) groups excluding carboxylic acids is 2. The van der Waals surface area contributed by atoms with Crippen LogP contribution in [0.3, 0.4) is 0 Å².